The minimum Gasteiger partial charge on any atom is -0.491 e. The molecule has 0 aliphatic carbocycles. The SMILES string of the molecule is Cc1ccc(C(C)C)c(OC(C)C(=O)NC(C)COc2ccccc2C)c1. The number of carbonyl (C=O) groups is 1. The summed E-state index contributed by atoms with van der Waals surface area (Å²) >= 11 is 0. The maximum atomic E-state index is 12.5. The Balaban J connectivity index is 1.92. The lowest BCUT2D eigenvalue weighted by molar-refractivity contribution is -0.128. The number of ether oxygens (including phenoxy) is 2. The molecule has 2 unspecified atom stereocenters. The number of nitrogens with one attached hydrogen (secondary N) is 1. The van der Waals surface area contributed by atoms with Crippen molar-refractivity contribution in [3.8, 4) is 11.5 Å². The Kier molecular flexibility index (Phi) is 7.28. The van der Waals surface area contributed by atoms with Gasteiger partial charge in [0.2, 0.25) is 0 Å². The molecule has 27 heavy (non-hydrogen) atoms. The van der Waals surface area contributed by atoms with E-state index in [1.165, 1.54) is 0 Å². The van der Waals surface area contributed by atoms with Crippen LogP contribution in [-0.2, 0) is 4.79 Å². The van der Waals surface area contributed by atoms with Crippen molar-refractivity contribution < 1.29 is 14.3 Å². The van der Waals surface area contributed by atoms with Gasteiger partial charge in [-0.25, -0.2) is 0 Å². The summed E-state index contributed by atoms with van der Waals surface area (Å²) in [5, 5.41) is 2.96. The van der Waals surface area contributed by atoms with Gasteiger partial charge in [-0.1, -0.05) is 44.2 Å². The van der Waals surface area contributed by atoms with E-state index in [9.17, 15) is 4.79 Å². The number of amides is 1. The van der Waals surface area contributed by atoms with E-state index in [1.54, 1.807) is 6.92 Å². The molecule has 146 valence electrons. The Labute approximate surface area is 162 Å². The molecule has 0 aliphatic heterocycles. The van der Waals surface area contributed by atoms with E-state index in [4.69, 9.17) is 9.47 Å². The fourth-order valence-electron chi connectivity index (χ4n) is 2.80. The fraction of sp³-hybridized carbons (Fsp3) is 0.435. The Hall–Kier alpha value is -2.49. The van der Waals surface area contributed by atoms with Gasteiger partial charge < -0.3 is 14.8 Å². The van der Waals surface area contributed by atoms with Gasteiger partial charge >= 0.3 is 0 Å². The predicted molar refractivity (Wildman–Crippen MR) is 110 cm³/mol. The summed E-state index contributed by atoms with van der Waals surface area (Å²) in [5.74, 6) is 1.80. The molecular weight excluding hydrogens is 338 g/mol. The third-order valence-electron chi connectivity index (χ3n) is 4.44. The number of carbonyl (C=O) groups excluding carboxylic acids is 1. The van der Waals surface area contributed by atoms with Gasteiger partial charge in [0, 0.05) is 0 Å². The second kappa shape index (κ2) is 9.45. The third-order valence-corrected chi connectivity index (χ3v) is 4.44. The predicted octanol–water partition coefficient (Wildman–Crippen LogP) is 4.78. The van der Waals surface area contributed by atoms with Crippen LogP contribution in [0.25, 0.3) is 0 Å². The Morgan fingerprint density at radius 1 is 1.00 bits per heavy atom. The fourth-order valence-corrected chi connectivity index (χ4v) is 2.80. The van der Waals surface area contributed by atoms with Crippen LogP contribution in [0.4, 0.5) is 0 Å². The summed E-state index contributed by atoms with van der Waals surface area (Å²) in [5.41, 5.74) is 3.30. The summed E-state index contributed by atoms with van der Waals surface area (Å²) in [6, 6.07) is 13.9. The van der Waals surface area contributed by atoms with Crippen molar-refractivity contribution in [2.75, 3.05) is 6.61 Å². The molecule has 2 atom stereocenters. The van der Waals surface area contributed by atoms with Crippen molar-refractivity contribution in [1.29, 1.82) is 0 Å². The van der Waals surface area contributed by atoms with Gasteiger partial charge in [-0.2, -0.15) is 0 Å². The highest BCUT2D eigenvalue weighted by atomic mass is 16.5. The quantitative estimate of drug-likeness (QED) is 0.728. The van der Waals surface area contributed by atoms with Crippen molar-refractivity contribution in [2.24, 2.45) is 0 Å². The topological polar surface area (TPSA) is 47.6 Å². The van der Waals surface area contributed by atoms with Gasteiger partial charge in [0.15, 0.2) is 6.10 Å². The van der Waals surface area contributed by atoms with Crippen molar-refractivity contribution in [1.82, 2.24) is 5.32 Å². The van der Waals surface area contributed by atoms with E-state index in [-0.39, 0.29) is 11.9 Å². The van der Waals surface area contributed by atoms with Crippen molar-refractivity contribution >= 4 is 5.91 Å². The molecule has 0 aliphatic rings. The maximum absolute atomic E-state index is 12.5. The molecule has 2 rings (SSSR count). The summed E-state index contributed by atoms with van der Waals surface area (Å²) < 4.78 is 11.8. The van der Waals surface area contributed by atoms with Crippen LogP contribution in [0, 0.1) is 13.8 Å². The lowest BCUT2D eigenvalue weighted by Gasteiger charge is -2.21. The Morgan fingerprint density at radius 3 is 2.37 bits per heavy atom. The molecule has 0 saturated heterocycles. The molecule has 0 aromatic heterocycles. The highest BCUT2D eigenvalue weighted by molar-refractivity contribution is 5.81. The first-order valence-electron chi connectivity index (χ1n) is 9.54. The summed E-state index contributed by atoms with van der Waals surface area (Å²) in [4.78, 5) is 12.5. The second-order valence-electron chi connectivity index (χ2n) is 7.44. The number of hydrogen-bond donors (Lipinski definition) is 1. The number of rotatable bonds is 8. The molecule has 1 amide bonds. The van der Waals surface area contributed by atoms with Gasteiger partial charge in [0.1, 0.15) is 18.1 Å². The summed E-state index contributed by atoms with van der Waals surface area (Å²) in [7, 11) is 0. The van der Waals surface area contributed by atoms with Crippen LogP contribution in [-0.4, -0.2) is 24.7 Å². The molecule has 1 N–H and O–H groups in total. The zero-order valence-corrected chi connectivity index (χ0v) is 17.2. The monoisotopic (exact) mass is 369 g/mol. The Morgan fingerprint density at radius 2 is 1.70 bits per heavy atom. The van der Waals surface area contributed by atoms with Gasteiger partial charge in [0.05, 0.1) is 6.04 Å². The normalized spacial score (nSPS) is 13.1. The van der Waals surface area contributed by atoms with E-state index in [2.05, 4.69) is 31.3 Å². The van der Waals surface area contributed by atoms with Crippen LogP contribution in [0.3, 0.4) is 0 Å². The lowest BCUT2D eigenvalue weighted by Crippen LogP contribution is -2.43. The lowest BCUT2D eigenvalue weighted by atomic mass is 10.0. The van der Waals surface area contributed by atoms with Crippen molar-refractivity contribution in [2.45, 2.75) is 59.6 Å². The van der Waals surface area contributed by atoms with Crippen LogP contribution in [0.5, 0.6) is 11.5 Å². The second-order valence-corrected chi connectivity index (χ2v) is 7.44. The Bertz CT molecular complexity index is 770. The van der Waals surface area contributed by atoms with Crippen LogP contribution < -0.4 is 14.8 Å². The molecule has 0 spiro atoms. The van der Waals surface area contributed by atoms with Crippen LogP contribution in [0.15, 0.2) is 42.5 Å². The molecule has 0 saturated carbocycles. The van der Waals surface area contributed by atoms with Gasteiger partial charge in [-0.3, -0.25) is 4.79 Å². The van der Waals surface area contributed by atoms with Crippen molar-refractivity contribution in [3.05, 3.63) is 59.2 Å². The van der Waals surface area contributed by atoms with Crippen LogP contribution in [0.2, 0.25) is 0 Å². The van der Waals surface area contributed by atoms with Crippen LogP contribution >= 0.6 is 0 Å². The standard InChI is InChI=1S/C23H31NO3/c1-15(2)20-12-11-16(3)13-22(20)27-19(6)23(25)24-18(5)14-26-21-10-8-7-9-17(21)4/h7-13,15,18-19H,14H2,1-6H3,(H,24,25). The average molecular weight is 370 g/mol. The molecule has 2 aromatic rings. The average Bonchev–Trinajstić information content (AvgIpc) is 2.60. The largest absolute Gasteiger partial charge is 0.491 e. The van der Waals surface area contributed by atoms with Gasteiger partial charge in [0.25, 0.3) is 5.91 Å². The minimum absolute atomic E-state index is 0.120. The number of para-hydroxylation sites is 1. The number of aryl methyl sites for hydroxylation is 2. The van der Waals surface area contributed by atoms with E-state index in [0.717, 1.165) is 28.2 Å². The molecule has 4 nitrogen and oxygen atoms in total. The summed E-state index contributed by atoms with van der Waals surface area (Å²) in [6.07, 6.45) is -0.579. The molecule has 0 radical (unpaired) electrons. The molecule has 0 heterocycles. The van der Waals surface area contributed by atoms with E-state index in [0.29, 0.717) is 12.5 Å². The molecule has 2 aromatic carbocycles. The van der Waals surface area contributed by atoms with Gasteiger partial charge in [-0.05, 0) is 62.4 Å². The molecular formula is C23H31NO3. The zero-order chi connectivity index (χ0) is 20.0. The maximum Gasteiger partial charge on any atom is 0.261 e. The highest BCUT2D eigenvalue weighted by Crippen LogP contribution is 2.28. The number of hydrogen-bond acceptors (Lipinski definition) is 3. The van der Waals surface area contributed by atoms with Crippen molar-refractivity contribution in [3.63, 3.8) is 0 Å². The zero-order valence-electron chi connectivity index (χ0n) is 17.2. The first-order valence-corrected chi connectivity index (χ1v) is 9.54. The smallest absolute Gasteiger partial charge is 0.261 e. The van der Waals surface area contributed by atoms with Gasteiger partial charge in [-0.15, -0.1) is 0 Å². The molecule has 0 bridgehead atoms. The first kappa shape index (κ1) is 20.8. The summed E-state index contributed by atoms with van der Waals surface area (Å²) in [6.45, 7) is 12.4. The van der Waals surface area contributed by atoms with E-state index >= 15 is 0 Å². The van der Waals surface area contributed by atoms with Crippen LogP contribution in [0.1, 0.15) is 50.3 Å². The van der Waals surface area contributed by atoms with E-state index in [1.807, 2.05) is 51.1 Å². The number of benzene rings is 2. The highest BCUT2D eigenvalue weighted by Gasteiger charge is 2.19. The minimum atomic E-state index is -0.579. The molecule has 0 fully saturated rings. The molecule has 4 heteroatoms. The third kappa shape index (κ3) is 6.02. The van der Waals surface area contributed by atoms with E-state index < -0.39 is 6.10 Å². The first-order chi connectivity index (χ1) is 12.8.